The van der Waals surface area contributed by atoms with Crippen molar-refractivity contribution in [2.45, 2.75) is 24.3 Å². The Morgan fingerprint density at radius 2 is 1.94 bits per heavy atom. The van der Waals surface area contributed by atoms with Crippen LogP contribution in [-0.4, -0.2) is 7.11 Å². The number of rotatable bonds is 3. The SMILES string of the molecule is COc1ccc2c(ccc(CI)[n+]2C(C)C)c1.[I-]. The second kappa shape index (κ2) is 6.88. The van der Waals surface area contributed by atoms with E-state index in [4.69, 9.17) is 4.74 Å². The number of halogens is 2. The van der Waals surface area contributed by atoms with Gasteiger partial charge in [-0.3, -0.25) is 0 Å². The van der Waals surface area contributed by atoms with E-state index in [-0.39, 0.29) is 24.0 Å². The Bertz CT molecular complexity index is 541. The fraction of sp³-hybridized carbons (Fsp3) is 0.357. The van der Waals surface area contributed by atoms with Crippen LogP contribution in [0, 0.1) is 0 Å². The largest absolute Gasteiger partial charge is 1.00 e. The van der Waals surface area contributed by atoms with Gasteiger partial charge in [-0.05, 0) is 32.0 Å². The maximum absolute atomic E-state index is 5.27. The number of alkyl halides is 1. The summed E-state index contributed by atoms with van der Waals surface area (Å²) in [5, 5.41) is 1.23. The summed E-state index contributed by atoms with van der Waals surface area (Å²) in [5.41, 5.74) is 2.63. The van der Waals surface area contributed by atoms with E-state index in [2.05, 4.69) is 65.3 Å². The summed E-state index contributed by atoms with van der Waals surface area (Å²) in [6.07, 6.45) is 0. The van der Waals surface area contributed by atoms with E-state index in [0.29, 0.717) is 6.04 Å². The van der Waals surface area contributed by atoms with Crippen LogP contribution in [0.2, 0.25) is 0 Å². The number of hydrogen-bond donors (Lipinski definition) is 0. The molecule has 0 amide bonds. The fourth-order valence-electron chi connectivity index (χ4n) is 2.15. The average molecular weight is 469 g/mol. The van der Waals surface area contributed by atoms with Crippen LogP contribution in [0.1, 0.15) is 25.6 Å². The van der Waals surface area contributed by atoms with Crippen LogP contribution in [0.25, 0.3) is 10.9 Å². The molecule has 0 atom stereocenters. The summed E-state index contributed by atoms with van der Waals surface area (Å²) in [6.45, 7) is 4.44. The summed E-state index contributed by atoms with van der Waals surface area (Å²) >= 11 is 2.41. The first-order chi connectivity index (χ1) is 8.17. The highest BCUT2D eigenvalue weighted by atomic mass is 127. The number of pyridine rings is 1. The minimum atomic E-state index is 0. The topological polar surface area (TPSA) is 13.1 Å². The lowest BCUT2D eigenvalue weighted by Gasteiger charge is -2.09. The molecule has 0 fully saturated rings. The molecular weight excluding hydrogens is 452 g/mol. The van der Waals surface area contributed by atoms with Crippen LogP contribution in [0.4, 0.5) is 0 Å². The standard InChI is InChI=1S/C14H17INO.HI/c1-10(2)16-12(9-15)5-4-11-8-13(17-3)6-7-14(11)16;/h4-8,10H,9H2,1-3H3;1H/q+1;/p-1. The number of benzene rings is 1. The van der Waals surface area contributed by atoms with Gasteiger partial charge in [0.1, 0.15) is 5.75 Å². The van der Waals surface area contributed by atoms with E-state index in [0.717, 1.165) is 10.2 Å². The van der Waals surface area contributed by atoms with Crippen molar-refractivity contribution in [3.8, 4) is 5.75 Å². The molecule has 1 heterocycles. The molecule has 0 aliphatic rings. The van der Waals surface area contributed by atoms with Crippen LogP contribution in [0.15, 0.2) is 30.3 Å². The van der Waals surface area contributed by atoms with Gasteiger partial charge < -0.3 is 28.7 Å². The molecule has 0 aliphatic carbocycles. The second-order valence-corrected chi connectivity index (χ2v) is 5.11. The molecular formula is C14H17I2NO. The van der Waals surface area contributed by atoms with Crippen LogP contribution < -0.4 is 33.3 Å². The summed E-state index contributed by atoms with van der Waals surface area (Å²) < 4.78 is 8.68. The maximum atomic E-state index is 5.27. The number of nitrogens with zero attached hydrogens (tertiary/aromatic N) is 1. The molecule has 0 radical (unpaired) electrons. The molecule has 0 unspecified atom stereocenters. The van der Waals surface area contributed by atoms with Crippen molar-refractivity contribution >= 4 is 33.5 Å². The van der Waals surface area contributed by atoms with E-state index in [9.17, 15) is 0 Å². The Balaban J connectivity index is 0.00000162. The maximum Gasteiger partial charge on any atom is 0.213 e. The normalized spacial score (nSPS) is 10.5. The molecule has 18 heavy (non-hydrogen) atoms. The molecule has 0 aliphatic heterocycles. The predicted octanol–water partition coefficient (Wildman–Crippen LogP) is 0.656. The Morgan fingerprint density at radius 1 is 1.22 bits per heavy atom. The Hall–Kier alpha value is -0.110. The van der Waals surface area contributed by atoms with Gasteiger partial charge in [-0.1, -0.05) is 22.6 Å². The third-order valence-corrected chi connectivity index (χ3v) is 3.69. The lowest BCUT2D eigenvalue weighted by atomic mass is 10.1. The second-order valence-electron chi connectivity index (χ2n) is 4.35. The molecule has 0 saturated heterocycles. The number of fused-ring (bicyclic) bond motifs is 1. The summed E-state index contributed by atoms with van der Waals surface area (Å²) in [5.74, 6) is 0.912. The zero-order valence-electron chi connectivity index (χ0n) is 10.8. The number of aromatic nitrogens is 1. The van der Waals surface area contributed by atoms with Gasteiger partial charge in [-0.2, -0.15) is 4.57 Å². The molecule has 2 aromatic rings. The molecule has 98 valence electrons. The van der Waals surface area contributed by atoms with Crippen molar-refractivity contribution in [1.29, 1.82) is 0 Å². The smallest absolute Gasteiger partial charge is 0.213 e. The monoisotopic (exact) mass is 469 g/mol. The third kappa shape index (κ3) is 3.07. The summed E-state index contributed by atoms with van der Waals surface area (Å²) in [7, 11) is 1.71. The molecule has 1 aromatic carbocycles. The first kappa shape index (κ1) is 15.9. The minimum absolute atomic E-state index is 0. The van der Waals surface area contributed by atoms with Gasteiger partial charge in [-0.15, -0.1) is 0 Å². The van der Waals surface area contributed by atoms with Gasteiger partial charge >= 0.3 is 0 Å². The lowest BCUT2D eigenvalue weighted by molar-refractivity contribution is -0.697. The van der Waals surface area contributed by atoms with Crippen LogP contribution in [-0.2, 0) is 4.43 Å². The van der Waals surface area contributed by atoms with Crippen molar-refractivity contribution in [3.63, 3.8) is 0 Å². The summed E-state index contributed by atoms with van der Waals surface area (Å²) in [4.78, 5) is 0. The Kier molecular flexibility index (Phi) is 6.10. The van der Waals surface area contributed by atoms with Crippen molar-refractivity contribution < 1.29 is 33.3 Å². The van der Waals surface area contributed by atoms with Gasteiger partial charge in [0.2, 0.25) is 5.52 Å². The van der Waals surface area contributed by atoms with Crippen LogP contribution in [0.5, 0.6) is 5.75 Å². The zero-order valence-corrected chi connectivity index (χ0v) is 15.1. The van der Waals surface area contributed by atoms with Gasteiger partial charge in [0, 0.05) is 12.1 Å². The average Bonchev–Trinajstić information content (AvgIpc) is 2.36. The van der Waals surface area contributed by atoms with Gasteiger partial charge in [0.05, 0.1) is 16.9 Å². The Morgan fingerprint density at radius 3 is 2.50 bits per heavy atom. The summed E-state index contributed by atoms with van der Waals surface area (Å²) in [6, 6.07) is 11.1. The van der Waals surface area contributed by atoms with Gasteiger partial charge in [-0.25, -0.2) is 0 Å². The van der Waals surface area contributed by atoms with Crippen LogP contribution in [0.3, 0.4) is 0 Å². The lowest BCUT2D eigenvalue weighted by Crippen LogP contribution is -3.00. The van der Waals surface area contributed by atoms with E-state index in [1.165, 1.54) is 16.6 Å². The molecule has 2 nitrogen and oxygen atoms in total. The predicted molar refractivity (Wildman–Crippen MR) is 78.8 cm³/mol. The number of hydrogen-bond acceptors (Lipinski definition) is 1. The molecule has 0 N–H and O–H groups in total. The minimum Gasteiger partial charge on any atom is -1.00 e. The number of ether oxygens (including phenoxy) is 1. The quantitative estimate of drug-likeness (QED) is 0.366. The van der Waals surface area contributed by atoms with Gasteiger partial charge in [0.25, 0.3) is 0 Å². The highest BCUT2D eigenvalue weighted by Gasteiger charge is 2.18. The molecule has 4 heteroatoms. The first-order valence-corrected chi connectivity index (χ1v) is 7.27. The van der Waals surface area contributed by atoms with Gasteiger partial charge in [0.15, 0.2) is 11.7 Å². The fourth-order valence-corrected chi connectivity index (χ4v) is 2.77. The first-order valence-electron chi connectivity index (χ1n) is 5.74. The van der Waals surface area contributed by atoms with E-state index >= 15 is 0 Å². The van der Waals surface area contributed by atoms with Crippen LogP contribution >= 0.6 is 22.6 Å². The van der Waals surface area contributed by atoms with Crippen molar-refractivity contribution in [2.75, 3.05) is 7.11 Å². The van der Waals surface area contributed by atoms with Crippen molar-refractivity contribution in [2.24, 2.45) is 0 Å². The Labute approximate surface area is 139 Å². The van der Waals surface area contributed by atoms with E-state index in [1.807, 2.05) is 6.07 Å². The molecule has 2 rings (SSSR count). The zero-order chi connectivity index (χ0) is 12.4. The third-order valence-electron chi connectivity index (χ3n) is 2.91. The molecule has 0 saturated carbocycles. The highest BCUT2D eigenvalue weighted by molar-refractivity contribution is 14.1. The highest BCUT2D eigenvalue weighted by Crippen LogP contribution is 2.20. The van der Waals surface area contributed by atoms with Crippen molar-refractivity contribution in [3.05, 3.63) is 36.0 Å². The number of methoxy groups -OCH3 is 1. The molecule has 1 aromatic heterocycles. The van der Waals surface area contributed by atoms with E-state index in [1.54, 1.807) is 7.11 Å². The van der Waals surface area contributed by atoms with Crippen molar-refractivity contribution in [1.82, 2.24) is 0 Å². The molecule has 0 bridgehead atoms. The molecule has 0 spiro atoms. The van der Waals surface area contributed by atoms with E-state index < -0.39 is 0 Å².